The highest BCUT2D eigenvalue weighted by atomic mass is 32.2. The Balaban J connectivity index is 1.62. The van der Waals surface area contributed by atoms with Crippen LogP contribution < -0.4 is 10.9 Å². The summed E-state index contributed by atoms with van der Waals surface area (Å²) in [6.45, 7) is 2.24. The molecule has 8 nitrogen and oxygen atoms in total. The van der Waals surface area contributed by atoms with Gasteiger partial charge in [0.05, 0.1) is 11.5 Å². The van der Waals surface area contributed by atoms with Crippen LogP contribution in [-0.2, 0) is 14.8 Å². The van der Waals surface area contributed by atoms with Crippen molar-refractivity contribution in [1.29, 1.82) is 0 Å². The Morgan fingerprint density at radius 2 is 1.93 bits per heavy atom. The fraction of sp³-hybridized carbons (Fsp3) is 0.333. The number of aryl methyl sites for hydroxylation is 1. The molecule has 28 heavy (non-hydrogen) atoms. The van der Waals surface area contributed by atoms with E-state index in [4.69, 9.17) is 0 Å². The van der Waals surface area contributed by atoms with Gasteiger partial charge in [0.25, 0.3) is 15.9 Å². The monoisotopic (exact) mass is 423 g/mol. The first-order chi connectivity index (χ1) is 13.3. The average molecular weight is 424 g/mol. The molecule has 2 amide bonds. The molecule has 2 heterocycles. The number of sulfonamides is 1. The number of hydrazine groups is 1. The fourth-order valence-corrected chi connectivity index (χ4v) is 5.97. The summed E-state index contributed by atoms with van der Waals surface area (Å²) in [5.41, 5.74) is 4.62. The van der Waals surface area contributed by atoms with E-state index in [1.165, 1.54) is 27.8 Å². The number of phenolic OH excluding ortho intramolecular Hbond substituents is 1. The summed E-state index contributed by atoms with van der Waals surface area (Å²) in [4.78, 5) is 25.4. The molecule has 1 aliphatic heterocycles. The predicted octanol–water partition coefficient (Wildman–Crippen LogP) is 1.62. The summed E-state index contributed by atoms with van der Waals surface area (Å²) in [6, 6.07) is 9.29. The molecule has 1 fully saturated rings. The van der Waals surface area contributed by atoms with Gasteiger partial charge >= 0.3 is 0 Å². The van der Waals surface area contributed by atoms with Crippen molar-refractivity contribution in [2.24, 2.45) is 5.92 Å². The van der Waals surface area contributed by atoms with E-state index >= 15 is 0 Å². The zero-order chi connectivity index (χ0) is 20.3. The Morgan fingerprint density at radius 3 is 2.61 bits per heavy atom. The number of nitrogens with one attached hydrogen (secondary N) is 2. The van der Waals surface area contributed by atoms with Crippen LogP contribution in [0, 0.1) is 12.8 Å². The van der Waals surface area contributed by atoms with Gasteiger partial charge in [0.15, 0.2) is 0 Å². The van der Waals surface area contributed by atoms with E-state index in [9.17, 15) is 23.1 Å². The van der Waals surface area contributed by atoms with Crippen molar-refractivity contribution in [2.75, 3.05) is 13.1 Å². The van der Waals surface area contributed by atoms with E-state index < -0.39 is 27.8 Å². The van der Waals surface area contributed by atoms with E-state index in [1.807, 2.05) is 6.92 Å². The molecule has 0 bridgehead atoms. The molecule has 1 aromatic heterocycles. The molecule has 1 saturated heterocycles. The fourth-order valence-electron chi connectivity index (χ4n) is 3.01. The van der Waals surface area contributed by atoms with Crippen molar-refractivity contribution in [3.05, 3.63) is 46.8 Å². The molecule has 1 aliphatic rings. The van der Waals surface area contributed by atoms with E-state index in [-0.39, 0.29) is 22.1 Å². The molecule has 1 atom stereocenters. The smallest absolute Gasteiger partial charge is 0.273 e. The minimum atomic E-state index is -3.64. The molecule has 150 valence electrons. The number of hydrogen-bond acceptors (Lipinski definition) is 6. The normalized spacial score (nSPS) is 17.8. The van der Waals surface area contributed by atoms with Crippen molar-refractivity contribution in [3.63, 3.8) is 0 Å². The second kappa shape index (κ2) is 8.29. The number of benzene rings is 1. The van der Waals surface area contributed by atoms with Crippen LogP contribution in [0.4, 0.5) is 0 Å². The first-order valence-corrected chi connectivity index (χ1v) is 11.0. The lowest BCUT2D eigenvalue weighted by Crippen LogP contribution is -2.49. The number of hydrogen-bond donors (Lipinski definition) is 3. The second-order valence-electron chi connectivity index (χ2n) is 6.53. The van der Waals surface area contributed by atoms with Crippen LogP contribution in [-0.4, -0.2) is 42.7 Å². The first-order valence-electron chi connectivity index (χ1n) is 8.74. The lowest BCUT2D eigenvalue weighted by atomic mass is 9.99. The largest absolute Gasteiger partial charge is 0.507 e. The molecular weight excluding hydrogens is 402 g/mol. The number of nitrogens with zero attached hydrogens (tertiary/aromatic N) is 1. The van der Waals surface area contributed by atoms with Crippen molar-refractivity contribution in [2.45, 2.75) is 24.0 Å². The minimum absolute atomic E-state index is 0.0312. The number of phenols is 1. The van der Waals surface area contributed by atoms with Gasteiger partial charge in [-0.2, -0.15) is 4.31 Å². The van der Waals surface area contributed by atoms with Crippen LogP contribution in [0.3, 0.4) is 0 Å². The molecular formula is C18H21N3O5S2. The van der Waals surface area contributed by atoms with Gasteiger partial charge in [0.1, 0.15) is 9.96 Å². The van der Waals surface area contributed by atoms with Gasteiger partial charge in [-0.25, -0.2) is 8.42 Å². The number of amides is 2. The molecule has 1 aromatic carbocycles. The van der Waals surface area contributed by atoms with Gasteiger partial charge in [-0.15, -0.1) is 11.3 Å². The maximum absolute atomic E-state index is 12.8. The van der Waals surface area contributed by atoms with E-state index in [2.05, 4.69) is 10.9 Å². The molecule has 1 unspecified atom stereocenters. The van der Waals surface area contributed by atoms with E-state index in [0.717, 1.165) is 4.88 Å². The van der Waals surface area contributed by atoms with Crippen LogP contribution in [0.2, 0.25) is 0 Å². The maximum Gasteiger partial charge on any atom is 0.273 e. The number of para-hydroxylation sites is 1. The third-order valence-electron chi connectivity index (χ3n) is 4.51. The molecule has 3 N–H and O–H groups in total. The van der Waals surface area contributed by atoms with Crippen LogP contribution >= 0.6 is 11.3 Å². The van der Waals surface area contributed by atoms with Crippen molar-refractivity contribution < 1.29 is 23.1 Å². The maximum atomic E-state index is 12.8. The second-order valence-corrected chi connectivity index (χ2v) is 9.98. The Kier molecular flexibility index (Phi) is 6.01. The lowest BCUT2D eigenvalue weighted by molar-refractivity contribution is -0.126. The third-order valence-corrected chi connectivity index (χ3v) is 7.85. The van der Waals surface area contributed by atoms with Gasteiger partial charge in [0.2, 0.25) is 5.91 Å². The average Bonchev–Trinajstić information content (AvgIpc) is 3.13. The zero-order valence-corrected chi connectivity index (χ0v) is 16.8. The number of carbonyl (C=O) groups excluding carboxylic acids is 2. The van der Waals surface area contributed by atoms with Crippen LogP contribution in [0.1, 0.15) is 28.1 Å². The number of carbonyl (C=O) groups is 2. The summed E-state index contributed by atoms with van der Waals surface area (Å²) >= 11 is 1.20. The molecule has 0 aliphatic carbocycles. The highest BCUT2D eigenvalue weighted by molar-refractivity contribution is 7.91. The predicted molar refractivity (Wildman–Crippen MR) is 104 cm³/mol. The summed E-state index contributed by atoms with van der Waals surface area (Å²) in [5.74, 6) is -1.89. The SMILES string of the molecule is Cc1ccc(S(=O)(=O)N2CCCC(C(=O)NNC(=O)c3ccccc3O)C2)s1. The molecule has 10 heteroatoms. The van der Waals surface area contributed by atoms with Crippen molar-refractivity contribution in [3.8, 4) is 5.75 Å². The summed E-state index contributed by atoms with van der Waals surface area (Å²) in [7, 11) is -3.64. The number of rotatable bonds is 4. The first kappa shape index (κ1) is 20.3. The zero-order valence-electron chi connectivity index (χ0n) is 15.2. The Morgan fingerprint density at radius 1 is 1.18 bits per heavy atom. The number of thiophene rings is 1. The molecule has 0 spiro atoms. The van der Waals surface area contributed by atoms with Crippen molar-refractivity contribution >= 4 is 33.2 Å². The Hall–Kier alpha value is -2.43. The van der Waals surface area contributed by atoms with E-state index in [1.54, 1.807) is 24.3 Å². The van der Waals surface area contributed by atoms with Gasteiger partial charge in [-0.1, -0.05) is 12.1 Å². The highest BCUT2D eigenvalue weighted by Gasteiger charge is 2.34. The lowest BCUT2D eigenvalue weighted by Gasteiger charge is -2.30. The van der Waals surface area contributed by atoms with Crippen LogP contribution in [0.25, 0.3) is 0 Å². The number of aromatic hydroxyl groups is 1. The van der Waals surface area contributed by atoms with Crippen LogP contribution in [0.5, 0.6) is 5.75 Å². The molecule has 2 aromatic rings. The third kappa shape index (κ3) is 4.34. The van der Waals surface area contributed by atoms with Crippen LogP contribution in [0.15, 0.2) is 40.6 Å². The molecule has 0 radical (unpaired) electrons. The standard InChI is InChI=1S/C18H21N3O5S2/c1-12-8-9-16(27-12)28(25,26)21-10-4-5-13(11-21)17(23)19-20-18(24)14-6-2-3-7-15(14)22/h2-3,6-9,13,22H,4-5,10-11H2,1H3,(H,19,23)(H,20,24). The quantitative estimate of drug-likeness (QED) is 0.647. The van der Waals surface area contributed by atoms with Gasteiger partial charge < -0.3 is 5.11 Å². The Bertz CT molecular complexity index is 987. The summed E-state index contributed by atoms with van der Waals surface area (Å²) in [6.07, 6.45) is 1.07. The van der Waals surface area contributed by atoms with Gasteiger partial charge in [-0.05, 0) is 44.0 Å². The van der Waals surface area contributed by atoms with E-state index in [0.29, 0.717) is 19.4 Å². The summed E-state index contributed by atoms with van der Waals surface area (Å²) in [5, 5.41) is 9.68. The van der Waals surface area contributed by atoms with Gasteiger partial charge in [0, 0.05) is 18.0 Å². The van der Waals surface area contributed by atoms with Crippen molar-refractivity contribution in [1.82, 2.24) is 15.2 Å². The molecule has 3 rings (SSSR count). The Labute approximate surface area is 167 Å². The van der Waals surface area contributed by atoms with Gasteiger partial charge in [-0.3, -0.25) is 20.4 Å². The molecule has 0 saturated carbocycles. The summed E-state index contributed by atoms with van der Waals surface area (Å²) < 4.78 is 27.1. The highest BCUT2D eigenvalue weighted by Crippen LogP contribution is 2.28. The number of piperidine rings is 1. The topological polar surface area (TPSA) is 116 Å². The minimum Gasteiger partial charge on any atom is -0.507 e.